The zero-order chi connectivity index (χ0) is 16.2. The lowest BCUT2D eigenvalue weighted by molar-refractivity contribution is -0.118. The number of carbonyl (C=O) groups excluding carboxylic acids is 1. The van der Waals surface area contributed by atoms with E-state index in [1.165, 1.54) is 11.8 Å². The van der Waals surface area contributed by atoms with E-state index in [0.717, 1.165) is 17.8 Å². The lowest BCUT2D eigenvalue weighted by Gasteiger charge is -2.04. The van der Waals surface area contributed by atoms with Crippen molar-refractivity contribution in [2.24, 2.45) is 0 Å². The number of carbonyl (C=O) groups is 1. The Morgan fingerprint density at radius 3 is 2.64 bits per heavy atom. The Morgan fingerprint density at radius 2 is 1.95 bits per heavy atom. The van der Waals surface area contributed by atoms with Gasteiger partial charge in [0.2, 0.25) is 5.91 Å². The van der Waals surface area contributed by atoms with Crippen molar-refractivity contribution in [3.63, 3.8) is 0 Å². The van der Waals surface area contributed by atoms with Gasteiger partial charge < -0.3 is 5.32 Å². The fourth-order valence-corrected chi connectivity index (χ4v) is 2.17. The molecule has 0 spiro atoms. The van der Waals surface area contributed by atoms with Crippen LogP contribution in [0.25, 0.3) is 11.4 Å². The van der Waals surface area contributed by atoms with Gasteiger partial charge in [-0.1, -0.05) is 38.6 Å². The van der Waals surface area contributed by atoms with Crippen molar-refractivity contribution in [1.29, 1.82) is 0 Å². The van der Waals surface area contributed by atoms with Crippen LogP contribution in [0.5, 0.6) is 0 Å². The summed E-state index contributed by atoms with van der Waals surface area (Å²) in [6, 6.07) is 7.47. The molecule has 22 heavy (non-hydrogen) atoms. The molecule has 2 aromatic rings. The van der Waals surface area contributed by atoms with E-state index >= 15 is 0 Å². The van der Waals surface area contributed by atoms with Crippen LogP contribution in [0.1, 0.15) is 27.2 Å². The van der Waals surface area contributed by atoms with Gasteiger partial charge >= 0.3 is 0 Å². The fraction of sp³-hybridized carbons (Fsp3) is 0.375. The zero-order valence-electron chi connectivity index (χ0n) is 13.2. The Balaban J connectivity index is 0.00000116. The van der Waals surface area contributed by atoms with Gasteiger partial charge in [-0.3, -0.25) is 9.78 Å². The highest BCUT2D eigenvalue weighted by atomic mass is 32.2. The summed E-state index contributed by atoms with van der Waals surface area (Å²) in [6.07, 6.45) is 4.34. The molecule has 1 N–H and O–H groups in total. The van der Waals surface area contributed by atoms with Gasteiger partial charge in [-0.2, -0.15) is 0 Å². The van der Waals surface area contributed by atoms with Crippen LogP contribution in [-0.4, -0.2) is 33.2 Å². The summed E-state index contributed by atoms with van der Waals surface area (Å²) < 4.78 is 0. The topological polar surface area (TPSA) is 67.8 Å². The summed E-state index contributed by atoms with van der Waals surface area (Å²) in [5, 5.41) is 3.40. The second-order valence-electron chi connectivity index (χ2n) is 4.08. The normalized spacial score (nSPS) is 9.59. The van der Waals surface area contributed by atoms with Crippen molar-refractivity contribution in [3.8, 4) is 11.4 Å². The molecule has 0 aliphatic heterocycles. The van der Waals surface area contributed by atoms with Gasteiger partial charge in [0, 0.05) is 18.9 Å². The van der Waals surface area contributed by atoms with Gasteiger partial charge in [-0.25, -0.2) is 9.97 Å². The molecule has 0 aliphatic carbocycles. The molecule has 0 bridgehead atoms. The first-order valence-corrected chi connectivity index (χ1v) is 8.42. The van der Waals surface area contributed by atoms with Crippen LogP contribution in [0.2, 0.25) is 0 Å². The molecule has 6 heteroatoms. The molecule has 2 rings (SSSR count). The highest BCUT2D eigenvalue weighted by Crippen LogP contribution is 2.17. The quantitative estimate of drug-likeness (QED) is 0.654. The van der Waals surface area contributed by atoms with Crippen LogP contribution < -0.4 is 5.32 Å². The number of aromatic nitrogens is 3. The third kappa shape index (κ3) is 6.22. The minimum atomic E-state index is 0.00342. The van der Waals surface area contributed by atoms with E-state index in [1.807, 2.05) is 45.0 Å². The number of nitrogens with one attached hydrogen (secondary N) is 1. The van der Waals surface area contributed by atoms with E-state index in [1.54, 1.807) is 12.4 Å². The Hall–Kier alpha value is -1.95. The molecule has 0 unspecified atom stereocenters. The standard InChI is InChI=1S/C14H16N4OS.C2H6/c1-2-7-16-13(19)10-20-14-17-9-6-12(18-14)11-5-3-4-8-15-11;1-2/h3-6,8-9H,2,7,10H2,1H3,(H,16,19);1-2H3. The monoisotopic (exact) mass is 318 g/mol. The maximum absolute atomic E-state index is 11.5. The number of pyridine rings is 1. The molecule has 2 aromatic heterocycles. The number of thioether (sulfide) groups is 1. The van der Waals surface area contributed by atoms with E-state index in [2.05, 4.69) is 20.3 Å². The molecule has 0 saturated heterocycles. The van der Waals surface area contributed by atoms with Crippen LogP contribution in [-0.2, 0) is 4.79 Å². The average Bonchev–Trinajstić information content (AvgIpc) is 2.61. The van der Waals surface area contributed by atoms with Crippen LogP contribution in [0.4, 0.5) is 0 Å². The van der Waals surface area contributed by atoms with Gasteiger partial charge in [-0.05, 0) is 24.6 Å². The first kappa shape index (κ1) is 18.1. The first-order chi connectivity index (χ1) is 10.8. The molecule has 0 radical (unpaired) electrons. The van der Waals surface area contributed by atoms with Gasteiger partial charge in [0.25, 0.3) is 0 Å². The number of amides is 1. The molecule has 2 heterocycles. The fourth-order valence-electron chi connectivity index (χ4n) is 1.51. The van der Waals surface area contributed by atoms with Crippen LogP contribution in [0.15, 0.2) is 41.8 Å². The predicted octanol–water partition coefficient (Wildman–Crippen LogP) is 3.18. The Bertz CT molecular complexity index is 563. The number of nitrogens with zero attached hydrogens (tertiary/aromatic N) is 3. The SMILES string of the molecule is CC.CCCNC(=O)CSc1nccc(-c2ccccn2)n1. The van der Waals surface area contributed by atoms with Crippen molar-refractivity contribution in [3.05, 3.63) is 36.7 Å². The predicted molar refractivity (Wildman–Crippen MR) is 90.6 cm³/mol. The van der Waals surface area contributed by atoms with Crippen molar-refractivity contribution in [2.45, 2.75) is 32.3 Å². The summed E-state index contributed by atoms with van der Waals surface area (Å²) in [5.41, 5.74) is 1.56. The third-order valence-electron chi connectivity index (χ3n) is 2.47. The van der Waals surface area contributed by atoms with Crippen LogP contribution in [0, 0.1) is 0 Å². The molecule has 0 fully saturated rings. The smallest absolute Gasteiger partial charge is 0.230 e. The summed E-state index contributed by atoms with van der Waals surface area (Å²) in [6.45, 7) is 6.72. The minimum Gasteiger partial charge on any atom is -0.355 e. The van der Waals surface area contributed by atoms with Crippen molar-refractivity contribution < 1.29 is 4.79 Å². The largest absolute Gasteiger partial charge is 0.355 e. The highest BCUT2D eigenvalue weighted by molar-refractivity contribution is 7.99. The molecular formula is C16H22N4OS. The van der Waals surface area contributed by atoms with Crippen molar-refractivity contribution in [2.75, 3.05) is 12.3 Å². The Labute approximate surface area is 136 Å². The van der Waals surface area contributed by atoms with E-state index in [0.29, 0.717) is 17.5 Å². The van der Waals surface area contributed by atoms with Gasteiger partial charge in [0.15, 0.2) is 5.16 Å². The van der Waals surface area contributed by atoms with E-state index in [-0.39, 0.29) is 5.91 Å². The lowest BCUT2D eigenvalue weighted by atomic mass is 10.3. The minimum absolute atomic E-state index is 0.00342. The number of rotatable bonds is 6. The van der Waals surface area contributed by atoms with E-state index in [4.69, 9.17) is 0 Å². The molecule has 0 atom stereocenters. The van der Waals surface area contributed by atoms with Crippen LogP contribution >= 0.6 is 11.8 Å². The lowest BCUT2D eigenvalue weighted by Crippen LogP contribution is -2.25. The Morgan fingerprint density at radius 1 is 1.14 bits per heavy atom. The number of hydrogen-bond acceptors (Lipinski definition) is 5. The van der Waals surface area contributed by atoms with Crippen molar-refractivity contribution >= 4 is 17.7 Å². The van der Waals surface area contributed by atoms with E-state index in [9.17, 15) is 4.79 Å². The molecule has 5 nitrogen and oxygen atoms in total. The molecular weight excluding hydrogens is 296 g/mol. The first-order valence-electron chi connectivity index (χ1n) is 7.43. The zero-order valence-corrected chi connectivity index (χ0v) is 14.1. The maximum Gasteiger partial charge on any atom is 0.230 e. The van der Waals surface area contributed by atoms with Crippen molar-refractivity contribution in [1.82, 2.24) is 20.3 Å². The Kier molecular flexibility index (Phi) is 8.83. The molecule has 0 aliphatic rings. The average molecular weight is 318 g/mol. The van der Waals surface area contributed by atoms with E-state index < -0.39 is 0 Å². The molecule has 118 valence electrons. The molecule has 1 amide bonds. The van der Waals surface area contributed by atoms with Gasteiger partial charge in [-0.15, -0.1) is 0 Å². The summed E-state index contributed by atoms with van der Waals surface area (Å²) in [5.74, 6) is 0.328. The highest BCUT2D eigenvalue weighted by Gasteiger charge is 2.06. The second-order valence-corrected chi connectivity index (χ2v) is 5.02. The summed E-state index contributed by atoms with van der Waals surface area (Å²) in [4.78, 5) is 24.3. The van der Waals surface area contributed by atoms with Gasteiger partial charge in [0.1, 0.15) is 0 Å². The molecule has 0 saturated carbocycles. The van der Waals surface area contributed by atoms with Crippen LogP contribution in [0.3, 0.4) is 0 Å². The second kappa shape index (κ2) is 10.7. The maximum atomic E-state index is 11.5. The van der Waals surface area contributed by atoms with Gasteiger partial charge in [0.05, 0.1) is 17.1 Å². The third-order valence-corrected chi connectivity index (χ3v) is 3.33. The summed E-state index contributed by atoms with van der Waals surface area (Å²) >= 11 is 1.33. The summed E-state index contributed by atoms with van der Waals surface area (Å²) in [7, 11) is 0. The number of hydrogen-bond donors (Lipinski definition) is 1. The molecule has 0 aromatic carbocycles.